The van der Waals surface area contributed by atoms with Crippen LogP contribution in [0.2, 0.25) is 0 Å². The lowest BCUT2D eigenvalue weighted by molar-refractivity contribution is -0.143. The highest BCUT2D eigenvalue weighted by Crippen LogP contribution is 2.26. The number of anilines is 1. The van der Waals surface area contributed by atoms with Crippen molar-refractivity contribution >= 4 is 17.5 Å². The normalized spacial score (nSPS) is 17.3. The summed E-state index contributed by atoms with van der Waals surface area (Å²) in [6, 6.07) is 16.4. The molecule has 2 amide bonds. The van der Waals surface area contributed by atoms with E-state index in [1.807, 2.05) is 54.6 Å². The molecule has 1 atom stereocenters. The van der Waals surface area contributed by atoms with E-state index in [9.17, 15) is 9.59 Å². The molecule has 6 nitrogen and oxygen atoms in total. The largest absolute Gasteiger partial charge is 0.457 e. The first kappa shape index (κ1) is 17.9. The quantitative estimate of drug-likeness (QED) is 0.828. The Balaban J connectivity index is 1.68. The molecule has 2 aromatic carbocycles. The number of carbonyl (C=O) groups is 2. The summed E-state index contributed by atoms with van der Waals surface area (Å²) < 4.78 is 10.7. The van der Waals surface area contributed by atoms with Gasteiger partial charge in [0.2, 0.25) is 11.8 Å². The Hall–Kier alpha value is -2.86. The summed E-state index contributed by atoms with van der Waals surface area (Å²) in [5, 5.41) is 0. The van der Waals surface area contributed by atoms with Gasteiger partial charge in [-0.2, -0.15) is 0 Å². The number of carbonyl (C=O) groups excluding carboxylic acids is 2. The number of para-hydroxylation sites is 1. The third-order valence-electron chi connectivity index (χ3n) is 4.37. The highest BCUT2D eigenvalue weighted by Gasteiger charge is 2.34. The van der Waals surface area contributed by atoms with Gasteiger partial charge in [-0.25, -0.2) is 0 Å². The molecule has 1 fully saturated rings. The van der Waals surface area contributed by atoms with E-state index in [0.29, 0.717) is 18.8 Å². The second-order valence-corrected chi connectivity index (χ2v) is 6.10. The number of rotatable bonds is 5. The molecule has 0 spiro atoms. The molecular formula is C20H22N2O4. The van der Waals surface area contributed by atoms with E-state index in [1.165, 1.54) is 7.11 Å². The minimum Gasteiger partial charge on any atom is -0.457 e. The zero-order chi connectivity index (χ0) is 18.5. The van der Waals surface area contributed by atoms with Crippen molar-refractivity contribution in [1.82, 2.24) is 4.90 Å². The van der Waals surface area contributed by atoms with E-state index in [1.54, 1.807) is 16.7 Å². The summed E-state index contributed by atoms with van der Waals surface area (Å²) in [7, 11) is 1.47. The van der Waals surface area contributed by atoms with Crippen molar-refractivity contribution in [3.8, 4) is 11.5 Å². The lowest BCUT2D eigenvalue weighted by Crippen LogP contribution is -2.58. The molecule has 0 saturated carbocycles. The molecule has 1 aliphatic heterocycles. The number of hydrogen-bond donors (Lipinski definition) is 0. The van der Waals surface area contributed by atoms with Crippen molar-refractivity contribution < 1.29 is 19.1 Å². The second-order valence-electron chi connectivity index (χ2n) is 6.10. The van der Waals surface area contributed by atoms with Gasteiger partial charge in [-0.3, -0.25) is 9.59 Å². The number of benzene rings is 2. The van der Waals surface area contributed by atoms with Gasteiger partial charge in [0.1, 0.15) is 24.1 Å². The van der Waals surface area contributed by atoms with Crippen LogP contribution in [0.1, 0.15) is 6.92 Å². The van der Waals surface area contributed by atoms with Gasteiger partial charge in [-0.15, -0.1) is 0 Å². The molecule has 26 heavy (non-hydrogen) atoms. The Labute approximate surface area is 152 Å². The van der Waals surface area contributed by atoms with E-state index in [0.717, 1.165) is 11.4 Å². The maximum absolute atomic E-state index is 12.7. The monoisotopic (exact) mass is 354 g/mol. The predicted octanol–water partition coefficient (Wildman–Crippen LogP) is 2.69. The number of ether oxygens (including phenoxy) is 2. The topological polar surface area (TPSA) is 59.1 Å². The Morgan fingerprint density at radius 3 is 2.35 bits per heavy atom. The summed E-state index contributed by atoms with van der Waals surface area (Å²) in [6.45, 7) is 2.67. The smallest absolute Gasteiger partial charge is 0.249 e. The second kappa shape index (κ2) is 8.01. The van der Waals surface area contributed by atoms with Crippen molar-refractivity contribution in [3.05, 3.63) is 54.6 Å². The van der Waals surface area contributed by atoms with Gasteiger partial charge < -0.3 is 19.3 Å². The fraction of sp³-hybridized carbons (Fsp3) is 0.300. The summed E-state index contributed by atoms with van der Waals surface area (Å²) in [4.78, 5) is 28.0. The Morgan fingerprint density at radius 2 is 1.69 bits per heavy atom. The molecule has 1 heterocycles. The van der Waals surface area contributed by atoms with Gasteiger partial charge in [0.05, 0.1) is 0 Å². The van der Waals surface area contributed by atoms with E-state index >= 15 is 0 Å². The number of amides is 2. The molecule has 3 rings (SSSR count). The van der Waals surface area contributed by atoms with Crippen LogP contribution in [-0.2, 0) is 14.3 Å². The van der Waals surface area contributed by atoms with Crippen molar-refractivity contribution in [2.45, 2.75) is 13.0 Å². The van der Waals surface area contributed by atoms with Gasteiger partial charge in [-0.1, -0.05) is 18.2 Å². The Morgan fingerprint density at radius 1 is 1.04 bits per heavy atom. The van der Waals surface area contributed by atoms with Crippen molar-refractivity contribution in [2.24, 2.45) is 0 Å². The van der Waals surface area contributed by atoms with Crippen LogP contribution in [0.25, 0.3) is 0 Å². The van der Waals surface area contributed by atoms with Crippen LogP contribution >= 0.6 is 0 Å². The number of piperazine rings is 1. The van der Waals surface area contributed by atoms with Crippen LogP contribution in [0.3, 0.4) is 0 Å². The SMILES string of the molecule is COCC(=O)N1CCN(c2ccc(Oc3ccccc3)cc2)C(=O)[C@H]1C. The summed E-state index contributed by atoms with van der Waals surface area (Å²) >= 11 is 0. The zero-order valence-corrected chi connectivity index (χ0v) is 14.9. The van der Waals surface area contributed by atoms with Crippen molar-refractivity contribution in [1.29, 1.82) is 0 Å². The van der Waals surface area contributed by atoms with Crippen LogP contribution < -0.4 is 9.64 Å². The van der Waals surface area contributed by atoms with E-state index in [2.05, 4.69) is 0 Å². The van der Waals surface area contributed by atoms with Crippen LogP contribution in [0.5, 0.6) is 11.5 Å². The van der Waals surface area contributed by atoms with Crippen LogP contribution in [0.4, 0.5) is 5.69 Å². The Kier molecular flexibility index (Phi) is 5.53. The molecule has 0 bridgehead atoms. The van der Waals surface area contributed by atoms with E-state index < -0.39 is 6.04 Å². The van der Waals surface area contributed by atoms with Gasteiger partial charge in [0.15, 0.2) is 0 Å². The molecule has 1 aliphatic rings. The average Bonchev–Trinajstić information content (AvgIpc) is 2.66. The minimum absolute atomic E-state index is 0.0108. The summed E-state index contributed by atoms with van der Waals surface area (Å²) in [5.74, 6) is 1.20. The fourth-order valence-corrected chi connectivity index (χ4v) is 2.99. The summed E-state index contributed by atoms with van der Waals surface area (Å²) in [6.07, 6.45) is 0. The molecule has 0 aromatic heterocycles. The molecule has 2 aromatic rings. The molecule has 136 valence electrons. The van der Waals surface area contributed by atoms with Crippen LogP contribution in [0.15, 0.2) is 54.6 Å². The maximum atomic E-state index is 12.7. The van der Waals surface area contributed by atoms with Crippen molar-refractivity contribution in [2.75, 3.05) is 31.7 Å². The highest BCUT2D eigenvalue weighted by molar-refractivity contribution is 6.00. The molecule has 0 unspecified atom stereocenters. The van der Waals surface area contributed by atoms with E-state index in [-0.39, 0.29) is 18.4 Å². The highest BCUT2D eigenvalue weighted by atomic mass is 16.5. The number of methoxy groups -OCH3 is 1. The standard InChI is InChI=1S/C20H22N2O4/c1-15-20(24)22(13-12-21(15)19(23)14-25-2)16-8-10-18(11-9-16)26-17-6-4-3-5-7-17/h3-11,15H,12-14H2,1-2H3/t15-/m1/s1. The van der Waals surface area contributed by atoms with Gasteiger partial charge >= 0.3 is 0 Å². The third-order valence-corrected chi connectivity index (χ3v) is 4.37. The molecule has 0 aliphatic carbocycles. The number of hydrogen-bond acceptors (Lipinski definition) is 4. The van der Waals surface area contributed by atoms with Gasteiger partial charge in [0.25, 0.3) is 0 Å². The minimum atomic E-state index is -0.508. The predicted molar refractivity (Wildman–Crippen MR) is 98.4 cm³/mol. The lowest BCUT2D eigenvalue weighted by Gasteiger charge is -2.39. The molecule has 0 radical (unpaired) electrons. The molecule has 6 heteroatoms. The first-order valence-corrected chi connectivity index (χ1v) is 8.53. The van der Waals surface area contributed by atoms with E-state index in [4.69, 9.17) is 9.47 Å². The third kappa shape index (κ3) is 3.86. The first-order chi connectivity index (χ1) is 12.6. The molecular weight excluding hydrogens is 332 g/mol. The first-order valence-electron chi connectivity index (χ1n) is 8.53. The zero-order valence-electron chi connectivity index (χ0n) is 14.9. The fourth-order valence-electron chi connectivity index (χ4n) is 2.99. The molecule has 0 N–H and O–H groups in total. The van der Waals surface area contributed by atoms with Crippen LogP contribution in [0, 0.1) is 0 Å². The average molecular weight is 354 g/mol. The lowest BCUT2D eigenvalue weighted by atomic mass is 10.1. The maximum Gasteiger partial charge on any atom is 0.249 e. The number of nitrogens with zero attached hydrogens (tertiary/aromatic N) is 2. The molecule has 1 saturated heterocycles. The van der Waals surface area contributed by atoms with Crippen molar-refractivity contribution in [3.63, 3.8) is 0 Å². The van der Waals surface area contributed by atoms with Gasteiger partial charge in [0, 0.05) is 25.9 Å². The summed E-state index contributed by atoms with van der Waals surface area (Å²) in [5.41, 5.74) is 0.793. The van der Waals surface area contributed by atoms with Crippen LogP contribution in [-0.4, -0.2) is 49.6 Å². The Bertz CT molecular complexity index is 761. The van der Waals surface area contributed by atoms with Gasteiger partial charge in [-0.05, 0) is 43.3 Å².